The summed E-state index contributed by atoms with van der Waals surface area (Å²) in [5.74, 6) is 0.693. The van der Waals surface area contributed by atoms with Crippen molar-refractivity contribution in [2.45, 2.75) is 0 Å². The highest BCUT2D eigenvalue weighted by Crippen LogP contribution is 2.40. The van der Waals surface area contributed by atoms with Crippen LogP contribution in [0.3, 0.4) is 0 Å². The highest BCUT2D eigenvalue weighted by Gasteiger charge is 2.17. The summed E-state index contributed by atoms with van der Waals surface area (Å²) in [6.45, 7) is 0. The normalized spacial score (nSPS) is 11.6. The lowest BCUT2D eigenvalue weighted by Gasteiger charge is -2.09. The van der Waals surface area contributed by atoms with E-state index in [1.807, 2.05) is 36.4 Å². The minimum Gasteiger partial charge on any atom is -0.455 e. The molecule has 0 saturated carbocycles. The van der Waals surface area contributed by atoms with Gasteiger partial charge in [0.25, 0.3) is 0 Å². The molecule has 234 valence electrons. The van der Waals surface area contributed by atoms with Gasteiger partial charge in [-0.15, -0.1) is 0 Å². The lowest BCUT2D eigenvalue weighted by molar-refractivity contribution is 0.670. The number of fused-ring (bicyclic) bond motifs is 6. The fourth-order valence-corrected chi connectivity index (χ4v) is 7.25. The molecular weight excluding hydrogens is 611 g/mol. The van der Waals surface area contributed by atoms with Crippen molar-refractivity contribution in [1.82, 2.24) is 14.5 Å². The van der Waals surface area contributed by atoms with E-state index < -0.39 is 0 Å². The minimum atomic E-state index is 0.693. The fourth-order valence-electron chi connectivity index (χ4n) is 7.25. The van der Waals surface area contributed by atoms with Gasteiger partial charge in [0, 0.05) is 49.5 Å². The fraction of sp³-hybridized carbons (Fsp3) is 0. The largest absolute Gasteiger partial charge is 0.455 e. The van der Waals surface area contributed by atoms with Gasteiger partial charge < -0.3 is 8.98 Å². The lowest BCUT2D eigenvalue weighted by Crippen LogP contribution is -1.95. The van der Waals surface area contributed by atoms with Crippen LogP contribution in [-0.2, 0) is 0 Å². The van der Waals surface area contributed by atoms with Gasteiger partial charge in [0.1, 0.15) is 11.2 Å². The van der Waals surface area contributed by atoms with Crippen LogP contribution < -0.4 is 0 Å². The molecule has 0 amide bonds. The third-order valence-corrected chi connectivity index (χ3v) is 9.62. The van der Waals surface area contributed by atoms with Crippen LogP contribution in [0.25, 0.3) is 94.5 Å². The molecule has 50 heavy (non-hydrogen) atoms. The van der Waals surface area contributed by atoms with Gasteiger partial charge in [-0.1, -0.05) is 127 Å². The topological polar surface area (TPSA) is 43.9 Å². The maximum Gasteiger partial charge on any atom is 0.160 e. The van der Waals surface area contributed by atoms with E-state index in [-0.39, 0.29) is 0 Å². The molecule has 0 fully saturated rings. The molecule has 0 atom stereocenters. The molecule has 4 heteroatoms. The van der Waals surface area contributed by atoms with Crippen molar-refractivity contribution < 1.29 is 4.42 Å². The first-order chi connectivity index (χ1) is 24.8. The average Bonchev–Trinajstić information content (AvgIpc) is 3.74. The Morgan fingerprint density at radius 1 is 0.400 bits per heavy atom. The molecule has 0 aliphatic heterocycles. The van der Waals surface area contributed by atoms with E-state index in [2.05, 4.69) is 144 Å². The Balaban J connectivity index is 1.12. The molecule has 0 N–H and O–H groups in total. The molecule has 4 nitrogen and oxygen atoms in total. The summed E-state index contributed by atoms with van der Waals surface area (Å²) in [5.41, 5.74) is 12.1. The zero-order valence-electron chi connectivity index (χ0n) is 27.0. The number of para-hydroxylation sites is 3. The zero-order chi connectivity index (χ0) is 33.0. The predicted molar refractivity (Wildman–Crippen MR) is 205 cm³/mol. The van der Waals surface area contributed by atoms with Crippen LogP contribution in [0, 0.1) is 0 Å². The smallest absolute Gasteiger partial charge is 0.160 e. The van der Waals surface area contributed by atoms with Crippen LogP contribution in [-0.4, -0.2) is 14.5 Å². The van der Waals surface area contributed by atoms with E-state index in [1.54, 1.807) is 0 Å². The van der Waals surface area contributed by atoms with Crippen LogP contribution in [0.1, 0.15) is 0 Å². The second-order valence-electron chi connectivity index (χ2n) is 12.6. The van der Waals surface area contributed by atoms with Crippen molar-refractivity contribution >= 4 is 43.7 Å². The summed E-state index contributed by atoms with van der Waals surface area (Å²) in [5, 5.41) is 4.61. The zero-order valence-corrected chi connectivity index (χ0v) is 27.0. The monoisotopic (exact) mass is 639 g/mol. The second-order valence-corrected chi connectivity index (χ2v) is 12.6. The Bertz CT molecular complexity index is 2800. The average molecular weight is 640 g/mol. The van der Waals surface area contributed by atoms with E-state index in [1.165, 1.54) is 21.8 Å². The van der Waals surface area contributed by atoms with Gasteiger partial charge >= 0.3 is 0 Å². The van der Waals surface area contributed by atoms with Crippen molar-refractivity contribution in [2.75, 3.05) is 0 Å². The lowest BCUT2D eigenvalue weighted by atomic mass is 10.00. The molecular formula is C46H29N3O. The number of aromatic nitrogens is 3. The van der Waals surface area contributed by atoms with Gasteiger partial charge in [-0.2, -0.15) is 0 Å². The van der Waals surface area contributed by atoms with Crippen molar-refractivity contribution in [3.05, 3.63) is 176 Å². The third-order valence-electron chi connectivity index (χ3n) is 9.62. The first kappa shape index (κ1) is 28.3. The van der Waals surface area contributed by atoms with E-state index in [0.717, 1.165) is 66.8 Å². The Labute approximate surface area is 288 Å². The molecule has 0 radical (unpaired) electrons. The number of nitrogens with zero attached hydrogens (tertiary/aromatic N) is 3. The van der Waals surface area contributed by atoms with Crippen LogP contribution in [0.2, 0.25) is 0 Å². The number of benzene rings is 7. The van der Waals surface area contributed by atoms with Crippen LogP contribution >= 0.6 is 0 Å². The Kier molecular flexibility index (Phi) is 6.46. The van der Waals surface area contributed by atoms with Gasteiger partial charge in [-0.25, -0.2) is 9.97 Å². The molecule has 10 aromatic rings. The first-order valence-electron chi connectivity index (χ1n) is 16.8. The molecule has 3 heterocycles. The van der Waals surface area contributed by atoms with Crippen molar-refractivity contribution in [2.24, 2.45) is 0 Å². The highest BCUT2D eigenvalue weighted by molar-refractivity contribution is 6.13. The van der Waals surface area contributed by atoms with Gasteiger partial charge in [-0.3, -0.25) is 0 Å². The SMILES string of the molecule is c1ccc(-c2cc(-c3ccc4c(c3)oc3c(-c5ccc6c(c5)c5ccccc5n6-c5ccccc5)cccc34)nc(-c3ccccc3)n2)cc1. The summed E-state index contributed by atoms with van der Waals surface area (Å²) in [4.78, 5) is 10.0. The Morgan fingerprint density at radius 2 is 1.04 bits per heavy atom. The molecule has 7 aromatic carbocycles. The number of rotatable bonds is 5. The van der Waals surface area contributed by atoms with Gasteiger partial charge in [0.15, 0.2) is 5.82 Å². The van der Waals surface area contributed by atoms with E-state index in [9.17, 15) is 0 Å². The number of hydrogen-bond acceptors (Lipinski definition) is 3. The predicted octanol–water partition coefficient (Wildman–Crippen LogP) is 12.1. The van der Waals surface area contributed by atoms with Crippen LogP contribution in [0.15, 0.2) is 180 Å². The molecule has 0 bridgehead atoms. The Morgan fingerprint density at radius 3 is 1.84 bits per heavy atom. The molecule has 3 aromatic heterocycles. The summed E-state index contributed by atoms with van der Waals surface area (Å²) in [7, 11) is 0. The van der Waals surface area contributed by atoms with Gasteiger partial charge in [0.2, 0.25) is 0 Å². The first-order valence-corrected chi connectivity index (χ1v) is 16.8. The van der Waals surface area contributed by atoms with Crippen molar-refractivity contribution in [3.8, 4) is 50.7 Å². The summed E-state index contributed by atoms with van der Waals surface area (Å²) >= 11 is 0. The van der Waals surface area contributed by atoms with E-state index >= 15 is 0 Å². The molecule has 0 spiro atoms. The molecule has 10 rings (SSSR count). The standard InChI is InChI=1S/C46H29N3O/c1-4-13-30(14-5-1)40-29-41(48-46(47-40)31-15-6-2-7-16-31)33-23-25-37-38-21-12-20-35(45(38)50-44(37)28-33)32-24-26-43-39(27-32)36-19-10-11-22-42(36)49(43)34-17-8-3-9-18-34/h1-29H. The summed E-state index contributed by atoms with van der Waals surface area (Å²) < 4.78 is 9.10. The van der Waals surface area contributed by atoms with Crippen molar-refractivity contribution in [3.63, 3.8) is 0 Å². The molecule has 0 unspecified atom stereocenters. The van der Waals surface area contributed by atoms with Crippen molar-refractivity contribution in [1.29, 1.82) is 0 Å². The molecule has 0 saturated heterocycles. The molecule has 0 aliphatic rings. The molecule has 0 aliphatic carbocycles. The summed E-state index contributed by atoms with van der Waals surface area (Å²) in [6.07, 6.45) is 0. The van der Waals surface area contributed by atoms with Crippen LogP contribution in [0.4, 0.5) is 0 Å². The van der Waals surface area contributed by atoms with E-state index in [0.29, 0.717) is 5.82 Å². The highest BCUT2D eigenvalue weighted by atomic mass is 16.3. The number of furan rings is 1. The Hall–Kier alpha value is -6.78. The maximum absolute atomic E-state index is 6.76. The van der Waals surface area contributed by atoms with Gasteiger partial charge in [0.05, 0.1) is 22.4 Å². The van der Waals surface area contributed by atoms with Gasteiger partial charge in [-0.05, 0) is 54.1 Å². The maximum atomic E-state index is 6.76. The quantitative estimate of drug-likeness (QED) is 0.188. The second kappa shape index (κ2) is 11.4. The van der Waals surface area contributed by atoms with E-state index in [4.69, 9.17) is 14.4 Å². The summed E-state index contributed by atoms with van der Waals surface area (Å²) in [6, 6.07) is 61.3. The number of hydrogen-bond donors (Lipinski definition) is 0. The van der Waals surface area contributed by atoms with Crippen LogP contribution in [0.5, 0.6) is 0 Å². The third kappa shape index (κ3) is 4.61. The minimum absolute atomic E-state index is 0.693.